The van der Waals surface area contributed by atoms with Crippen molar-refractivity contribution in [3.05, 3.63) is 22.7 Å². The highest BCUT2D eigenvalue weighted by Gasteiger charge is 2.28. The molecule has 0 aliphatic carbocycles. The van der Waals surface area contributed by atoms with Crippen molar-refractivity contribution < 1.29 is 9.68 Å². The zero-order valence-electron chi connectivity index (χ0n) is 7.88. The first-order valence-corrected chi connectivity index (χ1v) is 4.96. The molecule has 0 fully saturated rings. The molecule has 0 radical (unpaired) electrons. The normalized spacial score (nSPS) is 14.4. The maximum Gasteiger partial charge on any atom is 0.491 e. The van der Waals surface area contributed by atoms with E-state index in [4.69, 9.17) is 16.3 Å². The number of nitrogens with one attached hydrogen (secondary N) is 1. The Morgan fingerprint density at radius 3 is 3.14 bits per heavy atom. The molecule has 74 valence electrons. The Hall–Kier alpha value is -0.705. The lowest BCUT2D eigenvalue weighted by molar-refractivity contribution is 0.275. The summed E-state index contributed by atoms with van der Waals surface area (Å²) >= 11 is 6.03. The second kappa shape index (κ2) is 3.81. The molecule has 1 heterocycles. The van der Waals surface area contributed by atoms with E-state index in [1.807, 2.05) is 19.1 Å². The highest BCUT2D eigenvalue weighted by molar-refractivity contribution is 6.61. The van der Waals surface area contributed by atoms with Gasteiger partial charge in [-0.15, -0.1) is 0 Å². The van der Waals surface area contributed by atoms with Gasteiger partial charge in [-0.2, -0.15) is 0 Å². The Morgan fingerprint density at radius 1 is 1.64 bits per heavy atom. The molecule has 0 atom stereocenters. The maximum atomic E-state index is 9.47. The molecule has 1 aliphatic rings. The van der Waals surface area contributed by atoms with Gasteiger partial charge in [0.1, 0.15) is 0 Å². The zero-order chi connectivity index (χ0) is 10.1. The summed E-state index contributed by atoms with van der Waals surface area (Å²) < 4.78 is 5.08. The van der Waals surface area contributed by atoms with E-state index in [0.29, 0.717) is 11.6 Å². The lowest BCUT2D eigenvalue weighted by Gasteiger charge is -2.08. The maximum absolute atomic E-state index is 9.47. The van der Waals surface area contributed by atoms with E-state index in [-0.39, 0.29) is 0 Å². The fourth-order valence-electron chi connectivity index (χ4n) is 1.57. The molecule has 0 saturated heterocycles. The third kappa shape index (κ3) is 1.61. The summed E-state index contributed by atoms with van der Waals surface area (Å²) in [6, 6.07) is 3.68. The third-order valence-electron chi connectivity index (χ3n) is 2.26. The van der Waals surface area contributed by atoms with Crippen LogP contribution in [0.5, 0.6) is 0 Å². The molecule has 0 bridgehead atoms. The summed E-state index contributed by atoms with van der Waals surface area (Å²) in [5.41, 5.74) is 2.62. The van der Waals surface area contributed by atoms with E-state index in [2.05, 4.69) is 5.32 Å². The molecule has 3 nitrogen and oxygen atoms in total. The average molecular weight is 211 g/mol. The van der Waals surface area contributed by atoms with Crippen LogP contribution < -0.4 is 10.8 Å². The van der Waals surface area contributed by atoms with Crippen LogP contribution in [-0.2, 0) is 11.3 Å². The van der Waals surface area contributed by atoms with E-state index in [9.17, 15) is 5.02 Å². The molecule has 1 aromatic rings. The Morgan fingerprint density at radius 2 is 2.43 bits per heavy atom. The SMILES string of the molecule is CCNc1cc2c(cc1Cl)COB2O. The molecule has 0 aromatic heterocycles. The third-order valence-corrected chi connectivity index (χ3v) is 2.57. The quantitative estimate of drug-likeness (QED) is 0.717. The monoisotopic (exact) mass is 211 g/mol. The first-order chi connectivity index (χ1) is 6.72. The Kier molecular flexibility index (Phi) is 2.68. The van der Waals surface area contributed by atoms with E-state index in [0.717, 1.165) is 23.3 Å². The van der Waals surface area contributed by atoms with Gasteiger partial charge in [0.25, 0.3) is 0 Å². The molecule has 1 aliphatic heterocycles. The first-order valence-electron chi connectivity index (χ1n) is 4.58. The predicted octanol–water partition coefficient (Wildman–Crippen LogP) is 0.989. The molecule has 0 saturated carbocycles. The van der Waals surface area contributed by atoms with Crippen LogP contribution in [-0.4, -0.2) is 18.7 Å². The zero-order valence-corrected chi connectivity index (χ0v) is 8.64. The minimum atomic E-state index is -0.806. The van der Waals surface area contributed by atoms with Crippen molar-refractivity contribution in [2.75, 3.05) is 11.9 Å². The molecule has 0 spiro atoms. The van der Waals surface area contributed by atoms with Gasteiger partial charge in [-0.3, -0.25) is 0 Å². The average Bonchev–Trinajstić information content (AvgIpc) is 2.49. The van der Waals surface area contributed by atoms with Crippen molar-refractivity contribution in [1.82, 2.24) is 0 Å². The smallest absolute Gasteiger partial charge is 0.423 e. The van der Waals surface area contributed by atoms with E-state index >= 15 is 0 Å². The van der Waals surface area contributed by atoms with Gasteiger partial charge in [0.15, 0.2) is 0 Å². The van der Waals surface area contributed by atoms with E-state index in [1.54, 1.807) is 0 Å². The van der Waals surface area contributed by atoms with Gasteiger partial charge in [-0.1, -0.05) is 11.6 Å². The summed E-state index contributed by atoms with van der Waals surface area (Å²) in [6.45, 7) is 3.23. The van der Waals surface area contributed by atoms with Crippen molar-refractivity contribution in [2.45, 2.75) is 13.5 Å². The number of hydrogen-bond acceptors (Lipinski definition) is 3. The van der Waals surface area contributed by atoms with Gasteiger partial charge in [0.05, 0.1) is 17.3 Å². The lowest BCUT2D eigenvalue weighted by atomic mass is 9.79. The van der Waals surface area contributed by atoms with Crippen LogP contribution >= 0.6 is 11.6 Å². The van der Waals surface area contributed by atoms with Gasteiger partial charge >= 0.3 is 7.12 Å². The van der Waals surface area contributed by atoms with Crippen LogP contribution in [0.4, 0.5) is 5.69 Å². The van der Waals surface area contributed by atoms with Gasteiger partial charge in [-0.05, 0) is 30.1 Å². The molecule has 2 rings (SSSR count). The minimum Gasteiger partial charge on any atom is -0.423 e. The van der Waals surface area contributed by atoms with Crippen LogP contribution in [0.3, 0.4) is 0 Å². The van der Waals surface area contributed by atoms with Crippen molar-refractivity contribution >= 4 is 29.9 Å². The number of fused-ring (bicyclic) bond motifs is 1. The minimum absolute atomic E-state index is 0.433. The fraction of sp³-hybridized carbons (Fsp3) is 0.333. The molecular formula is C9H11BClNO2. The second-order valence-electron chi connectivity index (χ2n) is 3.22. The largest absolute Gasteiger partial charge is 0.491 e. The van der Waals surface area contributed by atoms with Gasteiger partial charge in [0, 0.05) is 6.54 Å². The van der Waals surface area contributed by atoms with E-state index in [1.165, 1.54) is 0 Å². The fourth-order valence-corrected chi connectivity index (χ4v) is 1.82. The van der Waals surface area contributed by atoms with Crippen molar-refractivity contribution in [3.8, 4) is 0 Å². The molecule has 0 unspecified atom stereocenters. The summed E-state index contributed by atoms with van der Waals surface area (Å²) in [5, 5.41) is 13.3. The van der Waals surface area contributed by atoms with Crippen molar-refractivity contribution in [1.29, 1.82) is 0 Å². The van der Waals surface area contributed by atoms with Crippen LogP contribution in [0.25, 0.3) is 0 Å². The molecule has 14 heavy (non-hydrogen) atoms. The molecule has 1 aromatic carbocycles. The lowest BCUT2D eigenvalue weighted by Crippen LogP contribution is -2.28. The van der Waals surface area contributed by atoms with Crippen molar-refractivity contribution in [3.63, 3.8) is 0 Å². The van der Waals surface area contributed by atoms with E-state index < -0.39 is 7.12 Å². The highest BCUT2D eigenvalue weighted by Crippen LogP contribution is 2.24. The summed E-state index contributed by atoms with van der Waals surface area (Å²) in [4.78, 5) is 0. The van der Waals surface area contributed by atoms with Crippen LogP contribution in [0.1, 0.15) is 12.5 Å². The van der Waals surface area contributed by atoms with Crippen molar-refractivity contribution in [2.24, 2.45) is 0 Å². The number of halogens is 1. The molecule has 2 N–H and O–H groups in total. The van der Waals surface area contributed by atoms with Crippen LogP contribution in [0.15, 0.2) is 12.1 Å². The Bertz CT molecular complexity index is 359. The van der Waals surface area contributed by atoms with Gasteiger partial charge in [-0.25, -0.2) is 0 Å². The standard InChI is InChI=1S/C9H11BClNO2/c1-2-12-9-4-7-6(3-8(9)11)5-14-10(7)13/h3-4,12-13H,2,5H2,1H3. The van der Waals surface area contributed by atoms with Crippen LogP contribution in [0.2, 0.25) is 5.02 Å². The summed E-state index contributed by atoms with van der Waals surface area (Å²) in [6.07, 6.45) is 0. The highest BCUT2D eigenvalue weighted by atomic mass is 35.5. The molecule has 0 amide bonds. The second-order valence-corrected chi connectivity index (χ2v) is 3.63. The van der Waals surface area contributed by atoms with Gasteiger partial charge in [0.2, 0.25) is 0 Å². The number of anilines is 1. The number of rotatable bonds is 2. The topological polar surface area (TPSA) is 41.5 Å². The van der Waals surface area contributed by atoms with Crippen LogP contribution in [0, 0.1) is 0 Å². The predicted molar refractivity (Wildman–Crippen MR) is 58.0 cm³/mol. The summed E-state index contributed by atoms with van der Waals surface area (Å²) in [7, 11) is -0.806. The van der Waals surface area contributed by atoms with Gasteiger partial charge < -0.3 is 15.0 Å². The Labute approximate surface area is 88.2 Å². The number of benzene rings is 1. The summed E-state index contributed by atoms with van der Waals surface area (Å²) in [5.74, 6) is 0. The molecular weight excluding hydrogens is 200 g/mol. The Balaban J connectivity index is 2.41. The molecule has 5 heteroatoms. The first kappa shape index (κ1) is 9.83. The number of hydrogen-bond donors (Lipinski definition) is 2.